The molecule has 33 heavy (non-hydrogen) atoms. The fourth-order valence-electron chi connectivity index (χ4n) is 4.05. The number of aryl methyl sites for hydroxylation is 1. The highest BCUT2D eigenvalue weighted by Gasteiger charge is 2.31. The van der Waals surface area contributed by atoms with Gasteiger partial charge in [0, 0.05) is 25.6 Å². The molecule has 0 aliphatic heterocycles. The molecule has 1 aliphatic rings. The number of aromatic nitrogens is 5. The van der Waals surface area contributed by atoms with Crippen molar-refractivity contribution in [1.82, 2.24) is 29.9 Å². The number of nitrogens with one attached hydrogen (secondary N) is 1. The van der Waals surface area contributed by atoms with Gasteiger partial charge in [-0.1, -0.05) is 12.1 Å². The zero-order valence-electron chi connectivity index (χ0n) is 18.6. The highest BCUT2D eigenvalue weighted by atomic mass is 16.3. The summed E-state index contributed by atoms with van der Waals surface area (Å²) in [5.41, 5.74) is 5.87. The molecule has 0 bridgehead atoms. The largest absolute Gasteiger partial charge is 0.391 e. The molecule has 0 unspecified atom stereocenters. The Balaban J connectivity index is 1.48. The summed E-state index contributed by atoms with van der Waals surface area (Å²) in [4.78, 5) is 17.6. The molecule has 2 atom stereocenters. The minimum absolute atomic E-state index is 0.211. The number of amides is 1. The van der Waals surface area contributed by atoms with Crippen molar-refractivity contribution in [3.8, 4) is 17.1 Å². The lowest BCUT2D eigenvalue weighted by Crippen LogP contribution is -2.50. The van der Waals surface area contributed by atoms with Gasteiger partial charge in [0.05, 0.1) is 23.5 Å². The summed E-state index contributed by atoms with van der Waals surface area (Å²) in [6.07, 6.45) is 7.18. The van der Waals surface area contributed by atoms with Crippen LogP contribution in [0.2, 0.25) is 0 Å². The van der Waals surface area contributed by atoms with Crippen LogP contribution in [0.5, 0.6) is 0 Å². The number of aliphatic hydroxyl groups is 1. The van der Waals surface area contributed by atoms with Crippen molar-refractivity contribution < 1.29 is 9.90 Å². The Hall–Kier alpha value is -3.78. The summed E-state index contributed by atoms with van der Waals surface area (Å²) in [6.45, 7) is 2.02. The van der Waals surface area contributed by atoms with Crippen molar-refractivity contribution in [2.45, 2.75) is 38.3 Å². The van der Waals surface area contributed by atoms with Gasteiger partial charge in [-0.25, -0.2) is 9.67 Å². The molecule has 8 heteroatoms. The summed E-state index contributed by atoms with van der Waals surface area (Å²) in [6, 6.07) is 13.6. The van der Waals surface area contributed by atoms with E-state index in [2.05, 4.69) is 32.6 Å². The van der Waals surface area contributed by atoms with E-state index < -0.39 is 6.10 Å². The van der Waals surface area contributed by atoms with Gasteiger partial charge >= 0.3 is 0 Å². The number of hydrogen-bond donors (Lipinski definition) is 2. The Morgan fingerprint density at radius 3 is 2.61 bits per heavy atom. The van der Waals surface area contributed by atoms with E-state index in [4.69, 9.17) is 0 Å². The third-order valence-electron chi connectivity index (χ3n) is 6.22. The monoisotopic (exact) mass is 442 g/mol. The summed E-state index contributed by atoms with van der Waals surface area (Å²) in [5, 5.41) is 21.6. The lowest BCUT2D eigenvalue weighted by atomic mass is 9.89. The van der Waals surface area contributed by atoms with Crippen LogP contribution >= 0.6 is 0 Å². The Bertz CT molecular complexity index is 1280. The van der Waals surface area contributed by atoms with E-state index in [1.165, 1.54) is 0 Å². The van der Waals surface area contributed by atoms with Crippen molar-refractivity contribution in [3.63, 3.8) is 0 Å². The van der Waals surface area contributed by atoms with Gasteiger partial charge in [0.25, 0.3) is 5.91 Å². The summed E-state index contributed by atoms with van der Waals surface area (Å²) in [5.74, 6) is -0.272. The van der Waals surface area contributed by atoms with Crippen LogP contribution in [0, 0.1) is 6.92 Å². The van der Waals surface area contributed by atoms with Gasteiger partial charge < -0.3 is 10.4 Å². The standard InChI is InChI=1S/C25H26N6O2/c1-16-18(14-17-4-6-19(7-5-17)31-12-3-11-26-31)15-22(25(33)28-20-8-9-23(20)32)27-24(16)21-10-13-30(2)29-21/h3-7,10-13,15,20,23,32H,8-9,14H2,1-2H3,(H,28,33)/t20-,23-/m0/s1. The first-order valence-corrected chi connectivity index (χ1v) is 11.1. The fourth-order valence-corrected chi connectivity index (χ4v) is 4.05. The number of carbonyl (C=O) groups is 1. The molecule has 3 heterocycles. The maximum Gasteiger partial charge on any atom is 0.270 e. The van der Waals surface area contributed by atoms with E-state index in [9.17, 15) is 9.90 Å². The van der Waals surface area contributed by atoms with E-state index in [1.807, 2.05) is 61.4 Å². The smallest absolute Gasteiger partial charge is 0.270 e. The third-order valence-corrected chi connectivity index (χ3v) is 6.22. The van der Waals surface area contributed by atoms with Crippen molar-refractivity contribution in [3.05, 3.63) is 83.4 Å². The average Bonchev–Trinajstić information content (AvgIpc) is 3.50. The zero-order valence-corrected chi connectivity index (χ0v) is 18.6. The number of pyridine rings is 1. The maximum absolute atomic E-state index is 13.0. The Morgan fingerprint density at radius 2 is 2.00 bits per heavy atom. The van der Waals surface area contributed by atoms with Gasteiger partial charge in [-0.15, -0.1) is 0 Å². The van der Waals surface area contributed by atoms with Gasteiger partial charge in [0.2, 0.25) is 0 Å². The molecular formula is C25H26N6O2. The van der Waals surface area contributed by atoms with Gasteiger partial charge in [0.15, 0.2) is 0 Å². The molecule has 1 aromatic carbocycles. The second-order valence-corrected chi connectivity index (χ2v) is 8.53. The molecular weight excluding hydrogens is 416 g/mol. The number of aliphatic hydroxyl groups excluding tert-OH is 1. The number of hydrogen-bond acceptors (Lipinski definition) is 5. The molecule has 1 aliphatic carbocycles. The Kier molecular flexibility index (Phi) is 5.51. The normalized spacial score (nSPS) is 17.5. The molecule has 5 rings (SSSR count). The first-order chi connectivity index (χ1) is 16.0. The van der Waals surface area contributed by atoms with E-state index in [1.54, 1.807) is 10.9 Å². The van der Waals surface area contributed by atoms with Crippen LogP contribution in [0.1, 0.15) is 40.0 Å². The SMILES string of the molecule is Cc1c(Cc2ccc(-n3cccn3)cc2)cc(C(=O)N[C@H]2CC[C@@H]2O)nc1-c1ccn(C)n1. The summed E-state index contributed by atoms with van der Waals surface area (Å²) in [7, 11) is 1.86. The molecule has 1 amide bonds. The minimum atomic E-state index is -0.484. The molecule has 0 saturated heterocycles. The molecule has 1 saturated carbocycles. The molecule has 3 aromatic heterocycles. The van der Waals surface area contributed by atoms with Gasteiger partial charge in [0.1, 0.15) is 11.4 Å². The lowest BCUT2D eigenvalue weighted by molar-refractivity contribution is 0.0445. The van der Waals surface area contributed by atoms with E-state index in [0.717, 1.165) is 34.5 Å². The summed E-state index contributed by atoms with van der Waals surface area (Å²) >= 11 is 0. The lowest BCUT2D eigenvalue weighted by Gasteiger charge is -2.32. The Morgan fingerprint density at radius 1 is 1.18 bits per heavy atom. The van der Waals surface area contributed by atoms with Crippen LogP contribution in [-0.4, -0.2) is 47.7 Å². The molecule has 0 radical (unpaired) electrons. The number of nitrogens with zero attached hydrogens (tertiary/aromatic N) is 5. The predicted molar refractivity (Wildman–Crippen MR) is 124 cm³/mol. The zero-order chi connectivity index (χ0) is 22.9. The van der Waals surface area contributed by atoms with Crippen LogP contribution in [0.4, 0.5) is 0 Å². The van der Waals surface area contributed by atoms with Crippen molar-refractivity contribution >= 4 is 5.91 Å². The molecule has 8 nitrogen and oxygen atoms in total. The number of carbonyl (C=O) groups excluding carboxylic acids is 1. The van der Waals surface area contributed by atoms with Gasteiger partial charge in [-0.3, -0.25) is 9.48 Å². The minimum Gasteiger partial charge on any atom is -0.391 e. The highest BCUT2D eigenvalue weighted by molar-refractivity contribution is 5.93. The highest BCUT2D eigenvalue weighted by Crippen LogP contribution is 2.26. The Labute approximate surface area is 191 Å². The van der Waals surface area contributed by atoms with Crippen LogP contribution in [0.15, 0.2) is 61.1 Å². The van der Waals surface area contributed by atoms with E-state index in [-0.39, 0.29) is 11.9 Å². The van der Waals surface area contributed by atoms with Crippen LogP contribution in [0.3, 0.4) is 0 Å². The fraction of sp³-hybridized carbons (Fsp3) is 0.280. The predicted octanol–water partition coefficient (Wildman–Crippen LogP) is 2.82. The topological polar surface area (TPSA) is 97.9 Å². The summed E-state index contributed by atoms with van der Waals surface area (Å²) < 4.78 is 3.54. The van der Waals surface area contributed by atoms with Gasteiger partial charge in [-0.05, 0) is 73.2 Å². The second kappa shape index (κ2) is 8.63. The number of rotatable bonds is 6. The molecule has 1 fully saturated rings. The van der Waals surface area contributed by atoms with Crippen molar-refractivity contribution in [1.29, 1.82) is 0 Å². The van der Waals surface area contributed by atoms with Crippen LogP contribution in [0.25, 0.3) is 17.1 Å². The van der Waals surface area contributed by atoms with Gasteiger partial charge in [-0.2, -0.15) is 10.2 Å². The van der Waals surface area contributed by atoms with Crippen molar-refractivity contribution in [2.24, 2.45) is 7.05 Å². The average molecular weight is 443 g/mol. The molecule has 4 aromatic rings. The third kappa shape index (κ3) is 4.29. The second-order valence-electron chi connectivity index (χ2n) is 8.53. The molecule has 2 N–H and O–H groups in total. The quantitative estimate of drug-likeness (QED) is 0.479. The van der Waals surface area contributed by atoms with Crippen LogP contribution < -0.4 is 5.32 Å². The maximum atomic E-state index is 13.0. The molecule has 168 valence electrons. The van der Waals surface area contributed by atoms with E-state index in [0.29, 0.717) is 24.2 Å². The van der Waals surface area contributed by atoms with Crippen molar-refractivity contribution in [2.75, 3.05) is 0 Å². The number of benzene rings is 1. The van der Waals surface area contributed by atoms with Crippen LogP contribution in [-0.2, 0) is 13.5 Å². The van der Waals surface area contributed by atoms with E-state index >= 15 is 0 Å². The first-order valence-electron chi connectivity index (χ1n) is 11.1. The first kappa shape index (κ1) is 21.1. The molecule has 0 spiro atoms.